The zero-order valence-electron chi connectivity index (χ0n) is 17.7. The van der Waals surface area contributed by atoms with Gasteiger partial charge >= 0.3 is 0 Å². The molecule has 0 saturated carbocycles. The van der Waals surface area contributed by atoms with Crippen LogP contribution < -0.4 is 10.6 Å². The molecule has 3 atom stereocenters. The molecule has 0 bridgehead atoms. The number of hydrogen-bond donors (Lipinski definition) is 2. The Morgan fingerprint density at radius 2 is 1.90 bits per heavy atom. The van der Waals surface area contributed by atoms with E-state index in [9.17, 15) is 14.4 Å². The van der Waals surface area contributed by atoms with Crippen molar-refractivity contribution in [1.82, 2.24) is 10.2 Å². The van der Waals surface area contributed by atoms with Crippen LogP contribution in [0.25, 0.3) is 0 Å². The van der Waals surface area contributed by atoms with E-state index in [0.717, 1.165) is 30.3 Å². The van der Waals surface area contributed by atoms with Crippen LogP contribution in [-0.2, 0) is 9.59 Å². The minimum Gasteiger partial charge on any atom is -0.338 e. The summed E-state index contributed by atoms with van der Waals surface area (Å²) in [7, 11) is 0. The number of hydrogen-bond acceptors (Lipinski definition) is 4. The number of nitrogens with zero attached hydrogens (tertiary/aromatic N) is 1. The van der Waals surface area contributed by atoms with Gasteiger partial charge < -0.3 is 20.3 Å². The average molecular weight is 466 g/mol. The molecule has 0 spiro atoms. The summed E-state index contributed by atoms with van der Waals surface area (Å²) < 4.78 is 0.780. The molecular weight excluding hydrogens is 434 g/mol. The quantitative estimate of drug-likeness (QED) is 0.573. The van der Waals surface area contributed by atoms with E-state index in [1.165, 1.54) is 0 Å². The standard InChI is InChI=1S/C22H32BrN3O3/c1-14(2)24-11-17(7-8-27)21(28)25-20-6-5-18(23)10-19(20)22(29)26-12-15(3)9-16(4)13-26/h5-6,8,10,14-17,24H,7,9,11-13H2,1-4H3,(H,25,28)/t15-,16+,17?. The number of carbonyl (C=O) groups excluding carboxylic acids is 3. The lowest BCUT2D eigenvalue weighted by atomic mass is 9.91. The lowest BCUT2D eigenvalue weighted by Crippen LogP contribution is -2.43. The first-order valence-corrected chi connectivity index (χ1v) is 11.1. The molecule has 0 aliphatic carbocycles. The first-order chi connectivity index (χ1) is 13.7. The number of nitrogens with one attached hydrogen (secondary N) is 2. The summed E-state index contributed by atoms with van der Waals surface area (Å²) in [6.45, 7) is 10.1. The van der Waals surface area contributed by atoms with Crippen LogP contribution in [0, 0.1) is 17.8 Å². The molecule has 1 aromatic carbocycles. The Balaban J connectivity index is 2.21. The summed E-state index contributed by atoms with van der Waals surface area (Å²) in [6, 6.07) is 5.50. The molecule has 7 heteroatoms. The van der Waals surface area contributed by atoms with E-state index in [-0.39, 0.29) is 24.3 Å². The van der Waals surface area contributed by atoms with Gasteiger partial charge in [-0.3, -0.25) is 9.59 Å². The molecule has 1 aliphatic rings. The number of anilines is 1. The van der Waals surface area contributed by atoms with Crippen molar-refractivity contribution in [3.8, 4) is 0 Å². The van der Waals surface area contributed by atoms with Gasteiger partial charge in [-0.1, -0.05) is 43.6 Å². The van der Waals surface area contributed by atoms with Gasteiger partial charge in [0.15, 0.2) is 0 Å². The summed E-state index contributed by atoms with van der Waals surface area (Å²) in [5.74, 6) is 0.0738. The van der Waals surface area contributed by atoms with Crippen molar-refractivity contribution in [1.29, 1.82) is 0 Å². The Bertz CT molecular complexity index is 728. The molecule has 6 nitrogen and oxygen atoms in total. The molecule has 1 heterocycles. The second kappa shape index (κ2) is 10.9. The van der Waals surface area contributed by atoms with Crippen LogP contribution >= 0.6 is 15.9 Å². The lowest BCUT2D eigenvalue weighted by molar-refractivity contribution is -0.122. The number of carbonyl (C=O) groups is 3. The highest BCUT2D eigenvalue weighted by Gasteiger charge is 2.28. The smallest absolute Gasteiger partial charge is 0.256 e. The van der Waals surface area contributed by atoms with Crippen molar-refractivity contribution in [2.75, 3.05) is 25.0 Å². The van der Waals surface area contributed by atoms with Gasteiger partial charge in [0.25, 0.3) is 5.91 Å². The molecule has 0 aromatic heterocycles. The minimum absolute atomic E-state index is 0.0766. The third-order valence-electron chi connectivity index (χ3n) is 5.15. The van der Waals surface area contributed by atoms with Crippen molar-refractivity contribution in [3.05, 3.63) is 28.2 Å². The molecule has 2 amide bonds. The number of rotatable bonds is 8. The van der Waals surface area contributed by atoms with Crippen molar-refractivity contribution in [2.24, 2.45) is 17.8 Å². The number of halogens is 1. The fourth-order valence-corrected chi connectivity index (χ4v) is 4.17. The second-order valence-electron chi connectivity index (χ2n) is 8.50. The largest absolute Gasteiger partial charge is 0.338 e. The topological polar surface area (TPSA) is 78.5 Å². The van der Waals surface area contributed by atoms with E-state index in [4.69, 9.17) is 0 Å². The van der Waals surface area contributed by atoms with Crippen LogP contribution in [0.3, 0.4) is 0 Å². The van der Waals surface area contributed by atoms with Gasteiger partial charge in [-0.2, -0.15) is 0 Å². The van der Waals surface area contributed by atoms with E-state index >= 15 is 0 Å². The summed E-state index contributed by atoms with van der Waals surface area (Å²) in [5.41, 5.74) is 0.949. The van der Waals surface area contributed by atoms with Crippen LogP contribution in [0.1, 0.15) is 50.9 Å². The van der Waals surface area contributed by atoms with Gasteiger partial charge in [-0.05, 0) is 36.5 Å². The average Bonchev–Trinajstić information content (AvgIpc) is 2.64. The summed E-state index contributed by atoms with van der Waals surface area (Å²) in [5, 5.41) is 6.09. The number of aldehydes is 1. The Morgan fingerprint density at radius 3 is 2.48 bits per heavy atom. The van der Waals surface area contributed by atoms with Crippen molar-refractivity contribution in [2.45, 2.75) is 46.6 Å². The predicted octanol–water partition coefficient (Wildman–Crippen LogP) is 3.71. The van der Waals surface area contributed by atoms with Crippen LogP contribution in [0.2, 0.25) is 0 Å². The maximum absolute atomic E-state index is 13.2. The molecule has 2 rings (SSSR count). The lowest BCUT2D eigenvalue weighted by Gasteiger charge is -2.35. The zero-order valence-corrected chi connectivity index (χ0v) is 19.3. The summed E-state index contributed by atoms with van der Waals surface area (Å²) in [4.78, 5) is 39.0. The van der Waals surface area contributed by atoms with E-state index in [2.05, 4.69) is 40.4 Å². The molecular formula is C22H32BrN3O3. The molecule has 2 N–H and O–H groups in total. The molecule has 1 saturated heterocycles. The van der Waals surface area contributed by atoms with E-state index in [1.807, 2.05) is 18.7 Å². The monoisotopic (exact) mass is 465 g/mol. The number of amides is 2. The minimum atomic E-state index is -0.489. The predicted molar refractivity (Wildman–Crippen MR) is 119 cm³/mol. The van der Waals surface area contributed by atoms with Gasteiger partial charge in [-0.15, -0.1) is 0 Å². The molecule has 1 fully saturated rings. The maximum Gasteiger partial charge on any atom is 0.256 e. The van der Waals surface area contributed by atoms with E-state index in [0.29, 0.717) is 29.6 Å². The molecule has 1 aromatic rings. The normalized spacial score (nSPS) is 20.4. The number of benzene rings is 1. The molecule has 0 radical (unpaired) electrons. The van der Waals surface area contributed by atoms with Crippen LogP contribution in [0.4, 0.5) is 5.69 Å². The van der Waals surface area contributed by atoms with Crippen molar-refractivity contribution < 1.29 is 14.4 Å². The Kier molecular flexibility index (Phi) is 8.83. The Morgan fingerprint density at radius 1 is 1.24 bits per heavy atom. The number of piperidine rings is 1. The SMILES string of the molecule is CC(C)NCC(CC=O)C(=O)Nc1ccc(Br)cc1C(=O)N1C[C@H](C)C[C@H](C)C1. The van der Waals surface area contributed by atoms with Crippen LogP contribution in [-0.4, -0.2) is 48.7 Å². The summed E-state index contributed by atoms with van der Waals surface area (Å²) >= 11 is 3.43. The fraction of sp³-hybridized carbons (Fsp3) is 0.591. The second-order valence-corrected chi connectivity index (χ2v) is 9.41. The highest BCUT2D eigenvalue weighted by molar-refractivity contribution is 9.10. The molecule has 160 valence electrons. The highest BCUT2D eigenvalue weighted by Crippen LogP contribution is 2.27. The molecule has 1 unspecified atom stereocenters. The Labute approximate surface area is 181 Å². The van der Waals surface area contributed by atoms with E-state index < -0.39 is 5.92 Å². The van der Waals surface area contributed by atoms with Crippen LogP contribution in [0.5, 0.6) is 0 Å². The molecule has 1 aliphatic heterocycles. The summed E-state index contributed by atoms with van der Waals surface area (Å²) in [6.07, 6.45) is 2.00. The zero-order chi connectivity index (χ0) is 21.6. The number of likely N-dealkylation sites (tertiary alicyclic amines) is 1. The van der Waals surface area contributed by atoms with Gasteiger partial charge in [0.05, 0.1) is 17.2 Å². The van der Waals surface area contributed by atoms with Crippen LogP contribution in [0.15, 0.2) is 22.7 Å². The van der Waals surface area contributed by atoms with Gasteiger partial charge in [-0.25, -0.2) is 0 Å². The maximum atomic E-state index is 13.2. The third kappa shape index (κ3) is 6.93. The first-order valence-electron chi connectivity index (χ1n) is 10.3. The Hall–Kier alpha value is -1.73. The van der Waals surface area contributed by atoms with Gasteiger partial charge in [0.2, 0.25) is 5.91 Å². The van der Waals surface area contributed by atoms with Crippen molar-refractivity contribution in [3.63, 3.8) is 0 Å². The molecule has 29 heavy (non-hydrogen) atoms. The first kappa shape index (κ1) is 23.5. The highest BCUT2D eigenvalue weighted by atomic mass is 79.9. The fourth-order valence-electron chi connectivity index (χ4n) is 3.81. The van der Waals surface area contributed by atoms with Gasteiger partial charge in [0.1, 0.15) is 6.29 Å². The van der Waals surface area contributed by atoms with Gasteiger partial charge in [0, 0.05) is 36.6 Å². The van der Waals surface area contributed by atoms with Crippen molar-refractivity contribution >= 4 is 39.7 Å². The third-order valence-corrected chi connectivity index (χ3v) is 5.64. The van der Waals surface area contributed by atoms with E-state index in [1.54, 1.807) is 18.2 Å².